The van der Waals surface area contributed by atoms with Gasteiger partial charge in [-0.1, -0.05) is 29.8 Å². The van der Waals surface area contributed by atoms with Crippen LogP contribution in [0.1, 0.15) is 12.8 Å². The first-order valence-corrected chi connectivity index (χ1v) is 10.8. The lowest BCUT2D eigenvalue weighted by Crippen LogP contribution is -2.53. The third kappa shape index (κ3) is 2.90. The average molecular weight is 420 g/mol. The molecule has 3 aliphatic heterocycles. The molecular weight excluding hydrogens is 398 g/mol. The number of hydrogen-bond acceptors (Lipinski definition) is 4. The highest BCUT2D eigenvalue weighted by molar-refractivity contribution is 6.31. The molecule has 7 rings (SSSR count). The summed E-state index contributed by atoms with van der Waals surface area (Å²) in [5.74, 6) is 1.19. The molecule has 152 valence electrons. The van der Waals surface area contributed by atoms with Crippen molar-refractivity contribution in [2.75, 3.05) is 25.0 Å². The van der Waals surface area contributed by atoms with Crippen LogP contribution in [0.15, 0.2) is 47.3 Å². The van der Waals surface area contributed by atoms with Crippen molar-refractivity contribution in [2.24, 2.45) is 5.92 Å². The number of para-hydroxylation sites is 1. The van der Waals surface area contributed by atoms with Crippen LogP contribution in [-0.2, 0) is 0 Å². The Kier molecular flexibility index (Phi) is 4.11. The molecule has 0 spiro atoms. The Morgan fingerprint density at radius 3 is 2.70 bits per heavy atom. The Morgan fingerprint density at radius 2 is 1.90 bits per heavy atom. The molecule has 3 saturated heterocycles. The lowest BCUT2D eigenvalue weighted by atomic mass is 9.83. The van der Waals surface area contributed by atoms with Gasteiger partial charge in [0.15, 0.2) is 0 Å². The van der Waals surface area contributed by atoms with Crippen LogP contribution in [0.2, 0.25) is 5.02 Å². The number of pyridine rings is 1. The van der Waals surface area contributed by atoms with Crippen LogP contribution in [0.5, 0.6) is 0 Å². The lowest BCUT2D eigenvalue weighted by molar-refractivity contribution is 0.0976. The number of aromatic nitrogens is 3. The van der Waals surface area contributed by atoms with Gasteiger partial charge in [-0.15, -0.1) is 0 Å². The molecule has 2 aromatic carbocycles. The number of hydrogen-bond donors (Lipinski definition) is 3. The van der Waals surface area contributed by atoms with Gasteiger partial charge in [-0.05, 0) is 56.1 Å². The summed E-state index contributed by atoms with van der Waals surface area (Å²) < 4.78 is 0. The van der Waals surface area contributed by atoms with Crippen molar-refractivity contribution in [1.29, 1.82) is 0 Å². The summed E-state index contributed by atoms with van der Waals surface area (Å²) in [7, 11) is 0. The summed E-state index contributed by atoms with van der Waals surface area (Å²) >= 11 is 6.15. The number of nitrogens with zero attached hydrogens (tertiary/aromatic N) is 2. The van der Waals surface area contributed by atoms with E-state index in [4.69, 9.17) is 16.6 Å². The van der Waals surface area contributed by atoms with Crippen LogP contribution >= 0.6 is 11.6 Å². The quantitative estimate of drug-likeness (QED) is 0.464. The standard InChI is InChI=1S/C23H22ClN5O/c24-14-5-6-17-18(11-14)27-22(26-17)20-21(15-3-1-2-4-16(15)28-23(20)30)25-19-12-29-9-7-13(19)8-10-29/h1-6,11,13,19H,7-10,12H2,(H,26,27)(H2,25,28,30). The molecule has 1 unspecified atom stereocenters. The van der Waals surface area contributed by atoms with E-state index in [0.29, 0.717) is 28.4 Å². The van der Waals surface area contributed by atoms with E-state index in [1.807, 2.05) is 36.4 Å². The van der Waals surface area contributed by atoms with Crippen LogP contribution in [0, 0.1) is 5.92 Å². The van der Waals surface area contributed by atoms with E-state index < -0.39 is 0 Å². The number of aromatic amines is 2. The molecule has 0 saturated carbocycles. The lowest BCUT2D eigenvalue weighted by Gasteiger charge is -2.45. The smallest absolute Gasteiger partial charge is 0.261 e. The van der Waals surface area contributed by atoms with Crippen molar-refractivity contribution in [3.05, 3.63) is 57.8 Å². The molecule has 3 aliphatic rings. The first kappa shape index (κ1) is 18.0. The minimum Gasteiger partial charge on any atom is -0.379 e. The molecule has 3 N–H and O–H groups in total. The van der Waals surface area contributed by atoms with Crippen molar-refractivity contribution >= 4 is 39.2 Å². The number of piperidine rings is 3. The molecule has 6 nitrogen and oxygen atoms in total. The summed E-state index contributed by atoms with van der Waals surface area (Å²) in [6.45, 7) is 3.37. The summed E-state index contributed by atoms with van der Waals surface area (Å²) in [4.78, 5) is 26.8. The molecule has 1 atom stereocenters. The minimum atomic E-state index is -0.150. The van der Waals surface area contributed by atoms with Crippen molar-refractivity contribution < 1.29 is 0 Å². The maximum Gasteiger partial charge on any atom is 0.261 e. The van der Waals surface area contributed by atoms with Crippen molar-refractivity contribution in [3.63, 3.8) is 0 Å². The fourth-order valence-corrected chi connectivity index (χ4v) is 5.21. The fraction of sp³-hybridized carbons (Fsp3) is 0.304. The van der Waals surface area contributed by atoms with Crippen LogP contribution in [-0.4, -0.2) is 45.5 Å². The summed E-state index contributed by atoms with van der Waals surface area (Å²) in [5.41, 5.74) is 3.70. The zero-order chi connectivity index (χ0) is 20.2. The zero-order valence-corrected chi connectivity index (χ0v) is 17.2. The van der Waals surface area contributed by atoms with Gasteiger partial charge in [-0.2, -0.15) is 0 Å². The van der Waals surface area contributed by atoms with Gasteiger partial charge >= 0.3 is 0 Å². The number of fused-ring (bicyclic) bond motifs is 5. The van der Waals surface area contributed by atoms with Crippen molar-refractivity contribution in [1.82, 2.24) is 19.9 Å². The third-order valence-corrected chi connectivity index (χ3v) is 6.82. The molecule has 7 heteroatoms. The van der Waals surface area contributed by atoms with E-state index in [2.05, 4.69) is 26.3 Å². The van der Waals surface area contributed by atoms with E-state index in [1.165, 1.54) is 25.9 Å². The fourth-order valence-electron chi connectivity index (χ4n) is 5.03. The highest BCUT2D eigenvalue weighted by Gasteiger charge is 2.35. The topological polar surface area (TPSA) is 76.8 Å². The highest BCUT2D eigenvalue weighted by atomic mass is 35.5. The average Bonchev–Trinajstić information content (AvgIpc) is 3.17. The van der Waals surface area contributed by atoms with Gasteiger partial charge in [0.25, 0.3) is 5.56 Å². The molecule has 5 heterocycles. The number of imidazole rings is 1. The molecular formula is C23H22ClN5O. The zero-order valence-electron chi connectivity index (χ0n) is 16.4. The minimum absolute atomic E-state index is 0.150. The molecule has 2 bridgehead atoms. The number of halogens is 1. The third-order valence-electron chi connectivity index (χ3n) is 6.59. The van der Waals surface area contributed by atoms with E-state index in [0.717, 1.165) is 34.2 Å². The Morgan fingerprint density at radius 1 is 1.07 bits per heavy atom. The van der Waals surface area contributed by atoms with Gasteiger partial charge in [0.05, 0.1) is 22.2 Å². The maximum atomic E-state index is 13.2. The van der Waals surface area contributed by atoms with Gasteiger partial charge in [0.2, 0.25) is 0 Å². The SMILES string of the molecule is O=c1[nH]c2ccccc2c(NC2CN3CCC2CC3)c1-c1nc2ccc(Cl)cc2[nH]1. The van der Waals surface area contributed by atoms with Gasteiger partial charge in [-0.25, -0.2) is 4.98 Å². The highest BCUT2D eigenvalue weighted by Crippen LogP contribution is 2.35. The molecule has 0 amide bonds. The van der Waals surface area contributed by atoms with E-state index >= 15 is 0 Å². The number of anilines is 1. The van der Waals surface area contributed by atoms with Crippen LogP contribution in [0.4, 0.5) is 5.69 Å². The van der Waals surface area contributed by atoms with Crippen LogP contribution < -0.4 is 10.9 Å². The van der Waals surface area contributed by atoms with Crippen LogP contribution in [0.25, 0.3) is 33.3 Å². The Labute approximate surface area is 178 Å². The summed E-state index contributed by atoms with van der Waals surface area (Å²) in [6, 6.07) is 13.8. The first-order valence-electron chi connectivity index (χ1n) is 10.5. The normalized spacial score (nSPS) is 23.3. The molecule has 2 aromatic heterocycles. The summed E-state index contributed by atoms with van der Waals surface area (Å²) in [5, 5.41) is 5.41. The van der Waals surface area contributed by atoms with E-state index in [1.54, 1.807) is 0 Å². The monoisotopic (exact) mass is 419 g/mol. The second kappa shape index (κ2) is 6.86. The second-order valence-corrected chi connectivity index (χ2v) is 8.82. The van der Waals surface area contributed by atoms with E-state index in [9.17, 15) is 4.79 Å². The first-order chi connectivity index (χ1) is 14.7. The number of benzene rings is 2. The van der Waals surface area contributed by atoms with Crippen molar-refractivity contribution in [3.8, 4) is 11.4 Å². The Hall–Kier alpha value is -2.83. The predicted molar refractivity (Wildman–Crippen MR) is 121 cm³/mol. The number of nitrogens with one attached hydrogen (secondary N) is 3. The van der Waals surface area contributed by atoms with Gasteiger partial charge in [0, 0.05) is 23.0 Å². The largest absolute Gasteiger partial charge is 0.379 e. The van der Waals surface area contributed by atoms with Gasteiger partial charge in [-0.3, -0.25) is 4.79 Å². The Balaban J connectivity index is 1.54. The second-order valence-electron chi connectivity index (χ2n) is 8.39. The number of H-pyrrole nitrogens is 2. The molecule has 3 fully saturated rings. The van der Waals surface area contributed by atoms with Crippen molar-refractivity contribution in [2.45, 2.75) is 18.9 Å². The maximum absolute atomic E-state index is 13.2. The van der Waals surface area contributed by atoms with Gasteiger partial charge < -0.3 is 20.2 Å². The van der Waals surface area contributed by atoms with Crippen LogP contribution in [0.3, 0.4) is 0 Å². The molecule has 30 heavy (non-hydrogen) atoms. The summed E-state index contributed by atoms with van der Waals surface area (Å²) in [6.07, 6.45) is 2.41. The van der Waals surface area contributed by atoms with E-state index in [-0.39, 0.29) is 5.56 Å². The van der Waals surface area contributed by atoms with Gasteiger partial charge in [0.1, 0.15) is 11.4 Å². The Bertz CT molecular complexity index is 1320. The number of rotatable bonds is 3. The predicted octanol–water partition coefficient (Wildman–Crippen LogP) is 4.23. The molecule has 0 aliphatic carbocycles. The molecule has 0 radical (unpaired) electrons. The molecule has 4 aromatic rings.